The van der Waals surface area contributed by atoms with E-state index in [0.29, 0.717) is 0 Å². The lowest BCUT2D eigenvalue weighted by Gasteiger charge is -2.31. The standard InChI is InChI=1S/C12H25NS/c1-13-10-12-7-4-3-6-11(12)8-5-9-14-2/h11-13H,3-10H2,1-2H3. The van der Waals surface area contributed by atoms with Gasteiger partial charge in [-0.2, -0.15) is 11.8 Å². The number of thioether (sulfide) groups is 1. The highest BCUT2D eigenvalue weighted by Gasteiger charge is 2.23. The highest BCUT2D eigenvalue weighted by molar-refractivity contribution is 7.98. The van der Waals surface area contributed by atoms with E-state index in [9.17, 15) is 0 Å². The quantitative estimate of drug-likeness (QED) is 0.683. The third-order valence-electron chi connectivity index (χ3n) is 3.46. The van der Waals surface area contributed by atoms with E-state index in [2.05, 4.69) is 18.6 Å². The Bertz CT molecular complexity index is 136. The highest BCUT2D eigenvalue weighted by atomic mass is 32.2. The minimum absolute atomic E-state index is 0.968. The van der Waals surface area contributed by atoms with E-state index in [4.69, 9.17) is 0 Å². The van der Waals surface area contributed by atoms with E-state index < -0.39 is 0 Å². The van der Waals surface area contributed by atoms with Crippen molar-refractivity contribution in [2.45, 2.75) is 38.5 Å². The van der Waals surface area contributed by atoms with Gasteiger partial charge in [0.05, 0.1) is 0 Å². The molecule has 1 N–H and O–H groups in total. The molecule has 2 unspecified atom stereocenters. The molecule has 14 heavy (non-hydrogen) atoms. The second kappa shape index (κ2) is 7.58. The summed E-state index contributed by atoms with van der Waals surface area (Å²) in [5, 5.41) is 3.35. The summed E-state index contributed by atoms with van der Waals surface area (Å²) in [7, 11) is 2.09. The van der Waals surface area contributed by atoms with Crippen molar-refractivity contribution in [2.24, 2.45) is 11.8 Å². The first-order chi connectivity index (χ1) is 6.88. The van der Waals surface area contributed by atoms with Gasteiger partial charge in [-0.3, -0.25) is 0 Å². The topological polar surface area (TPSA) is 12.0 Å². The fraction of sp³-hybridized carbons (Fsp3) is 1.00. The average molecular weight is 215 g/mol. The molecule has 1 nitrogen and oxygen atoms in total. The molecule has 2 atom stereocenters. The zero-order valence-corrected chi connectivity index (χ0v) is 10.5. The minimum Gasteiger partial charge on any atom is -0.319 e. The molecule has 1 aliphatic carbocycles. The van der Waals surface area contributed by atoms with Crippen LogP contribution in [0.5, 0.6) is 0 Å². The molecule has 0 radical (unpaired) electrons. The molecule has 0 aromatic rings. The SMILES string of the molecule is CNCC1CCCCC1CCCSC. The van der Waals surface area contributed by atoms with Gasteiger partial charge >= 0.3 is 0 Å². The van der Waals surface area contributed by atoms with Crippen LogP contribution in [0.2, 0.25) is 0 Å². The molecular weight excluding hydrogens is 190 g/mol. The Balaban J connectivity index is 2.22. The van der Waals surface area contributed by atoms with Crippen LogP contribution in [0.3, 0.4) is 0 Å². The molecule has 0 bridgehead atoms. The fourth-order valence-electron chi connectivity index (χ4n) is 2.69. The van der Waals surface area contributed by atoms with Gasteiger partial charge in [-0.25, -0.2) is 0 Å². The maximum atomic E-state index is 3.35. The fourth-order valence-corrected chi connectivity index (χ4v) is 3.14. The number of rotatable bonds is 6. The number of hydrogen-bond donors (Lipinski definition) is 1. The Hall–Kier alpha value is 0.310. The maximum absolute atomic E-state index is 3.35. The van der Waals surface area contributed by atoms with Gasteiger partial charge in [0, 0.05) is 0 Å². The lowest BCUT2D eigenvalue weighted by molar-refractivity contribution is 0.220. The van der Waals surface area contributed by atoms with E-state index in [0.717, 1.165) is 11.8 Å². The van der Waals surface area contributed by atoms with Gasteiger partial charge in [-0.05, 0) is 56.7 Å². The summed E-state index contributed by atoms with van der Waals surface area (Å²) in [5.74, 6) is 3.34. The molecule has 0 aliphatic heterocycles. The Morgan fingerprint density at radius 3 is 2.57 bits per heavy atom. The number of nitrogens with one attached hydrogen (secondary N) is 1. The lowest BCUT2D eigenvalue weighted by Crippen LogP contribution is -2.28. The van der Waals surface area contributed by atoms with Gasteiger partial charge in [0.25, 0.3) is 0 Å². The van der Waals surface area contributed by atoms with Crippen molar-refractivity contribution in [3.63, 3.8) is 0 Å². The molecule has 0 aromatic carbocycles. The summed E-state index contributed by atoms with van der Waals surface area (Å²) in [6.07, 6.45) is 11.0. The van der Waals surface area contributed by atoms with Crippen molar-refractivity contribution in [3.05, 3.63) is 0 Å². The van der Waals surface area contributed by atoms with Crippen molar-refractivity contribution >= 4 is 11.8 Å². The first-order valence-electron chi connectivity index (χ1n) is 6.02. The lowest BCUT2D eigenvalue weighted by atomic mass is 9.77. The Labute approximate surface area is 93.4 Å². The minimum atomic E-state index is 0.968. The molecule has 84 valence electrons. The van der Waals surface area contributed by atoms with Crippen LogP contribution in [0.25, 0.3) is 0 Å². The number of hydrogen-bond acceptors (Lipinski definition) is 2. The monoisotopic (exact) mass is 215 g/mol. The van der Waals surface area contributed by atoms with E-state index >= 15 is 0 Å². The molecule has 0 heterocycles. The summed E-state index contributed by atoms with van der Waals surface area (Å²) in [5.41, 5.74) is 0. The van der Waals surface area contributed by atoms with Crippen molar-refractivity contribution in [1.29, 1.82) is 0 Å². The summed E-state index contributed by atoms with van der Waals surface area (Å²) >= 11 is 1.99. The van der Waals surface area contributed by atoms with Crippen molar-refractivity contribution < 1.29 is 0 Å². The summed E-state index contributed by atoms with van der Waals surface area (Å²) in [4.78, 5) is 0. The van der Waals surface area contributed by atoms with Crippen LogP contribution in [0.1, 0.15) is 38.5 Å². The Kier molecular flexibility index (Phi) is 6.70. The van der Waals surface area contributed by atoms with Gasteiger partial charge in [0.1, 0.15) is 0 Å². The summed E-state index contributed by atoms with van der Waals surface area (Å²) in [6, 6.07) is 0. The first-order valence-corrected chi connectivity index (χ1v) is 7.41. The molecule has 0 aromatic heterocycles. The van der Waals surface area contributed by atoms with E-state index in [1.807, 2.05) is 11.8 Å². The molecule has 1 saturated carbocycles. The molecule has 1 rings (SSSR count). The molecule has 0 amide bonds. The zero-order chi connectivity index (χ0) is 10.2. The molecule has 0 spiro atoms. The first kappa shape index (κ1) is 12.4. The molecule has 1 aliphatic rings. The second-order valence-electron chi connectivity index (χ2n) is 4.50. The van der Waals surface area contributed by atoms with Crippen molar-refractivity contribution in [2.75, 3.05) is 25.6 Å². The van der Waals surface area contributed by atoms with Crippen LogP contribution in [0.15, 0.2) is 0 Å². The summed E-state index contributed by atoms with van der Waals surface area (Å²) in [6.45, 7) is 1.24. The second-order valence-corrected chi connectivity index (χ2v) is 5.48. The van der Waals surface area contributed by atoms with Crippen LogP contribution in [0, 0.1) is 11.8 Å². The molecule has 0 saturated heterocycles. The van der Waals surface area contributed by atoms with Gasteiger partial charge < -0.3 is 5.32 Å². The van der Waals surface area contributed by atoms with Crippen molar-refractivity contribution in [1.82, 2.24) is 5.32 Å². The third-order valence-corrected chi connectivity index (χ3v) is 4.15. The van der Waals surface area contributed by atoms with Gasteiger partial charge in [0.15, 0.2) is 0 Å². The average Bonchev–Trinajstić information content (AvgIpc) is 2.21. The Morgan fingerprint density at radius 2 is 1.93 bits per heavy atom. The third kappa shape index (κ3) is 4.22. The Morgan fingerprint density at radius 1 is 1.21 bits per heavy atom. The normalized spacial score (nSPS) is 27.9. The summed E-state index contributed by atoms with van der Waals surface area (Å²) < 4.78 is 0. The molecular formula is C12H25NS. The molecule has 2 heteroatoms. The van der Waals surface area contributed by atoms with Crippen LogP contribution >= 0.6 is 11.8 Å². The van der Waals surface area contributed by atoms with Gasteiger partial charge in [-0.15, -0.1) is 0 Å². The van der Waals surface area contributed by atoms with E-state index in [1.165, 1.54) is 50.8 Å². The van der Waals surface area contributed by atoms with Gasteiger partial charge in [-0.1, -0.05) is 19.3 Å². The van der Waals surface area contributed by atoms with Crippen LogP contribution < -0.4 is 5.32 Å². The highest BCUT2D eigenvalue weighted by Crippen LogP contribution is 2.32. The predicted octanol–water partition coefficient (Wildman–Crippen LogP) is 3.16. The zero-order valence-electron chi connectivity index (χ0n) is 9.72. The van der Waals surface area contributed by atoms with Crippen molar-refractivity contribution in [3.8, 4) is 0 Å². The van der Waals surface area contributed by atoms with E-state index in [1.54, 1.807) is 0 Å². The smallest absolute Gasteiger partial charge is 0.00209 e. The van der Waals surface area contributed by atoms with Gasteiger partial charge in [0.2, 0.25) is 0 Å². The van der Waals surface area contributed by atoms with Crippen LogP contribution in [-0.2, 0) is 0 Å². The predicted molar refractivity (Wildman–Crippen MR) is 67.0 cm³/mol. The van der Waals surface area contributed by atoms with E-state index in [-0.39, 0.29) is 0 Å². The maximum Gasteiger partial charge on any atom is -0.00209 e. The molecule has 1 fully saturated rings. The largest absolute Gasteiger partial charge is 0.319 e. The van der Waals surface area contributed by atoms with Crippen LogP contribution in [0.4, 0.5) is 0 Å². The van der Waals surface area contributed by atoms with Crippen LogP contribution in [-0.4, -0.2) is 25.6 Å².